The van der Waals surface area contributed by atoms with Crippen molar-refractivity contribution in [3.63, 3.8) is 0 Å². The molecule has 3 amide bonds. The lowest BCUT2D eigenvalue weighted by molar-refractivity contribution is -0.120. The zero-order valence-electron chi connectivity index (χ0n) is 11.1. The Morgan fingerprint density at radius 3 is 3.10 bits per heavy atom. The van der Waals surface area contributed by atoms with E-state index in [1.165, 1.54) is 0 Å². The number of amides is 3. The molecule has 0 spiro atoms. The van der Waals surface area contributed by atoms with E-state index < -0.39 is 0 Å². The fourth-order valence-electron chi connectivity index (χ4n) is 2.54. The zero-order chi connectivity index (χ0) is 14.4. The third-order valence-corrected chi connectivity index (χ3v) is 5.20. The summed E-state index contributed by atoms with van der Waals surface area (Å²) in [7, 11) is 0. The second-order valence-electron chi connectivity index (χ2n) is 4.93. The topological polar surface area (TPSA) is 70.2 Å². The molecular formula is C13H19N3O2S2. The van der Waals surface area contributed by atoms with Crippen molar-refractivity contribution < 1.29 is 9.59 Å². The van der Waals surface area contributed by atoms with Crippen LogP contribution in [0.4, 0.5) is 4.79 Å². The van der Waals surface area contributed by atoms with Crippen LogP contribution < -0.4 is 16.0 Å². The molecule has 7 heteroatoms. The normalized spacial score (nSPS) is 27.1. The molecule has 0 unspecified atom stereocenters. The van der Waals surface area contributed by atoms with Crippen molar-refractivity contribution in [2.24, 2.45) is 0 Å². The average Bonchev–Trinajstić information content (AvgIpc) is 2.95. The van der Waals surface area contributed by atoms with Crippen LogP contribution in [0.2, 0.25) is 0 Å². The second-order valence-corrected chi connectivity index (χ2v) is 6.43. The van der Waals surface area contributed by atoms with Crippen LogP contribution in [0.25, 0.3) is 0 Å². The first-order chi connectivity index (χ1) is 9.70. The SMILES string of the molecule is O=C(CCCC[C@@H]1SC[C@@H]2NC(=O)N[C@@H]21)NCC#CS. The maximum absolute atomic E-state index is 11.5. The minimum Gasteiger partial charge on any atom is -0.345 e. The quantitative estimate of drug-likeness (QED) is 0.253. The van der Waals surface area contributed by atoms with Gasteiger partial charge in [0.15, 0.2) is 0 Å². The number of fused-ring (bicyclic) bond motifs is 1. The van der Waals surface area contributed by atoms with E-state index in [0.717, 1.165) is 25.0 Å². The number of urea groups is 1. The smallest absolute Gasteiger partial charge is 0.315 e. The second kappa shape index (κ2) is 7.70. The number of nitrogens with one attached hydrogen (secondary N) is 3. The number of carbonyl (C=O) groups excluding carboxylic acids is 2. The van der Waals surface area contributed by atoms with Crippen LogP contribution in [0.1, 0.15) is 25.7 Å². The molecule has 0 aromatic heterocycles. The van der Waals surface area contributed by atoms with Crippen LogP contribution in [0.3, 0.4) is 0 Å². The number of carbonyl (C=O) groups is 2. The molecule has 110 valence electrons. The van der Waals surface area contributed by atoms with E-state index >= 15 is 0 Å². The predicted octanol–water partition coefficient (Wildman–Crippen LogP) is 0.719. The van der Waals surface area contributed by atoms with E-state index in [4.69, 9.17) is 0 Å². The molecule has 2 aliphatic rings. The molecule has 0 radical (unpaired) electrons. The summed E-state index contributed by atoms with van der Waals surface area (Å²) in [5.74, 6) is 3.69. The van der Waals surface area contributed by atoms with Gasteiger partial charge in [-0.3, -0.25) is 4.79 Å². The van der Waals surface area contributed by atoms with Crippen molar-refractivity contribution in [2.75, 3.05) is 12.3 Å². The summed E-state index contributed by atoms with van der Waals surface area (Å²) in [5, 5.41) is 11.5. The van der Waals surface area contributed by atoms with E-state index in [1.54, 1.807) is 0 Å². The van der Waals surface area contributed by atoms with Gasteiger partial charge in [-0.05, 0) is 18.1 Å². The Kier molecular flexibility index (Phi) is 5.92. The number of thioether (sulfide) groups is 1. The van der Waals surface area contributed by atoms with E-state index in [0.29, 0.717) is 18.2 Å². The molecule has 5 nitrogen and oxygen atoms in total. The highest BCUT2D eigenvalue weighted by molar-refractivity contribution is 8.00. The minimum atomic E-state index is -0.0463. The molecule has 0 aromatic carbocycles. The molecule has 3 atom stereocenters. The van der Waals surface area contributed by atoms with Gasteiger partial charge in [-0.25, -0.2) is 4.79 Å². The van der Waals surface area contributed by atoms with Crippen molar-refractivity contribution in [1.29, 1.82) is 0 Å². The summed E-state index contributed by atoms with van der Waals surface area (Å²) in [4.78, 5) is 22.7. The van der Waals surface area contributed by atoms with Gasteiger partial charge in [0.1, 0.15) is 0 Å². The molecule has 0 bridgehead atoms. The Morgan fingerprint density at radius 2 is 2.30 bits per heavy atom. The standard InChI is InChI=1S/C13H19N3O2S2/c17-11(14-6-3-7-19)5-2-1-4-10-12-9(8-20-10)15-13(18)16-12/h9-10,12,19H,1-2,4-6,8H2,(H,14,17)(H2,15,16,18)/t9-,10-,12-/m0/s1. The van der Waals surface area contributed by atoms with Crippen molar-refractivity contribution in [2.45, 2.75) is 43.0 Å². The number of thiol groups is 1. The first-order valence-electron chi connectivity index (χ1n) is 6.78. The lowest BCUT2D eigenvalue weighted by atomic mass is 10.0. The Balaban J connectivity index is 1.58. The van der Waals surface area contributed by atoms with Crippen molar-refractivity contribution >= 4 is 36.3 Å². The van der Waals surface area contributed by atoms with Crippen LogP contribution in [-0.4, -0.2) is 41.6 Å². The molecule has 20 heavy (non-hydrogen) atoms. The highest BCUT2D eigenvalue weighted by atomic mass is 32.2. The summed E-state index contributed by atoms with van der Waals surface area (Å²) in [6, 6.07) is 0.488. The minimum absolute atomic E-state index is 0.0360. The fraction of sp³-hybridized carbons (Fsp3) is 0.692. The van der Waals surface area contributed by atoms with Gasteiger partial charge in [0.05, 0.1) is 18.6 Å². The average molecular weight is 313 g/mol. The molecule has 0 saturated carbocycles. The summed E-state index contributed by atoms with van der Waals surface area (Å²) in [5.41, 5.74) is 0. The van der Waals surface area contributed by atoms with Gasteiger partial charge in [0, 0.05) is 17.4 Å². The summed E-state index contributed by atoms with van der Waals surface area (Å²) < 4.78 is 0. The summed E-state index contributed by atoms with van der Waals surface area (Å²) >= 11 is 5.65. The Hall–Kier alpha value is -1.000. The summed E-state index contributed by atoms with van der Waals surface area (Å²) in [6.07, 6.45) is 3.44. The molecular weight excluding hydrogens is 294 g/mol. The molecule has 2 heterocycles. The Bertz CT molecular complexity index is 433. The molecule has 0 aromatic rings. The Labute approximate surface area is 128 Å². The maximum atomic E-state index is 11.5. The van der Waals surface area contributed by atoms with Gasteiger partial charge in [0.25, 0.3) is 0 Å². The third-order valence-electron chi connectivity index (χ3n) is 3.53. The van der Waals surface area contributed by atoms with Gasteiger partial charge < -0.3 is 16.0 Å². The lowest BCUT2D eigenvalue weighted by Gasteiger charge is -2.16. The zero-order valence-corrected chi connectivity index (χ0v) is 12.9. The molecule has 2 aliphatic heterocycles. The Morgan fingerprint density at radius 1 is 1.45 bits per heavy atom. The molecule has 2 rings (SSSR count). The largest absolute Gasteiger partial charge is 0.345 e. The monoisotopic (exact) mass is 313 g/mol. The van der Waals surface area contributed by atoms with Gasteiger partial charge in [-0.1, -0.05) is 25.0 Å². The van der Waals surface area contributed by atoms with Crippen LogP contribution in [0.5, 0.6) is 0 Å². The first-order valence-corrected chi connectivity index (χ1v) is 8.27. The lowest BCUT2D eigenvalue weighted by Crippen LogP contribution is -2.36. The number of hydrogen-bond acceptors (Lipinski definition) is 4. The van der Waals surface area contributed by atoms with Crippen molar-refractivity contribution in [1.82, 2.24) is 16.0 Å². The van der Waals surface area contributed by atoms with Crippen LogP contribution >= 0.6 is 24.4 Å². The first kappa shape index (κ1) is 15.4. The van der Waals surface area contributed by atoms with Crippen LogP contribution in [0.15, 0.2) is 0 Å². The van der Waals surface area contributed by atoms with Gasteiger partial charge in [-0.2, -0.15) is 11.8 Å². The highest BCUT2D eigenvalue weighted by Crippen LogP contribution is 2.33. The van der Waals surface area contributed by atoms with Crippen LogP contribution in [-0.2, 0) is 4.79 Å². The van der Waals surface area contributed by atoms with Crippen molar-refractivity contribution in [3.8, 4) is 11.2 Å². The molecule has 2 fully saturated rings. The van der Waals surface area contributed by atoms with Crippen LogP contribution in [0, 0.1) is 11.2 Å². The van der Waals surface area contributed by atoms with Crippen molar-refractivity contribution in [3.05, 3.63) is 0 Å². The van der Waals surface area contributed by atoms with E-state index in [2.05, 4.69) is 39.8 Å². The number of hydrogen-bond donors (Lipinski definition) is 4. The van der Waals surface area contributed by atoms with E-state index in [1.807, 2.05) is 11.8 Å². The van der Waals surface area contributed by atoms with E-state index in [9.17, 15) is 9.59 Å². The van der Waals surface area contributed by atoms with Gasteiger partial charge in [-0.15, -0.1) is 0 Å². The molecule has 3 N–H and O–H groups in total. The summed E-state index contributed by atoms with van der Waals surface area (Å²) in [6.45, 7) is 0.363. The molecule has 0 aliphatic carbocycles. The van der Waals surface area contributed by atoms with Gasteiger partial charge >= 0.3 is 6.03 Å². The van der Waals surface area contributed by atoms with Gasteiger partial charge in [0.2, 0.25) is 5.91 Å². The number of unbranched alkanes of at least 4 members (excludes halogenated alkanes) is 1. The maximum Gasteiger partial charge on any atom is 0.315 e. The predicted molar refractivity (Wildman–Crippen MR) is 83.7 cm³/mol. The van der Waals surface area contributed by atoms with E-state index in [-0.39, 0.29) is 24.0 Å². The number of rotatable bonds is 6. The third kappa shape index (κ3) is 4.25. The fourth-order valence-corrected chi connectivity index (χ4v) is 4.17. The highest BCUT2D eigenvalue weighted by Gasteiger charge is 2.42. The molecule has 2 saturated heterocycles.